The predicted molar refractivity (Wildman–Crippen MR) is 123 cm³/mol. The molecule has 2 aliphatic rings. The van der Waals surface area contributed by atoms with Crippen molar-refractivity contribution in [1.82, 2.24) is 14.7 Å². The number of carbonyl (C=O) groups excluding carboxylic acids is 1. The van der Waals surface area contributed by atoms with E-state index in [4.69, 9.17) is 9.47 Å². The van der Waals surface area contributed by atoms with Crippen LogP contribution in [0.1, 0.15) is 17.5 Å². The Morgan fingerprint density at radius 3 is 2.69 bits per heavy atom. The molecule has 0 fully saturated rings. The zero-order valence-electron chi connectivity index (χ0n) is 18.1. The molecule has 1 amide bonds. The van der Waals surface area contributed by atoms with Gasteiger partial charge in [0.05, 0.1) is 18.4 Å². The Balaban J connectivity index is 1.17. The molecule has 0 saturated carbocycles. The van der Waals surface area contributed by atoms with E-state index in [0.29, 0.717) is 31.3 Å². The summed E-state index contributed by atoms with van der Waals surface area (Å²) in [4.78, 5) is 14.7. The lowest BCUT2D eigenvalue weighted by Gasteiger charge is -2.25. The summed E-state index contributed by atoms with van der Waals surface area (Å²) in [6.45, 7) is 5.07. The third-order valence-corrected chi connectivity index (χ3v) is 5.74. The molecular weight excluding hydrogens is 404 g/mol. The number of fused-ring (bicyclic) bond motifs is 1. The quantitative estimate of drug-likeness (QED) is 0.669. The molecule has 0 saturated heterocycles. The second kappa shape index (κ2) is 8.88. The Morgan fingerprint density at radius 1 is 1.09 bits per heavy atom. The summed E-state index contributed by atoms with van der Waals surface area (Å²) in [5.41, 5.74) is 5.40. The number of benzene rings is 2. The molecule has 2 aliphatic heterocycles. The molecule has 2 aromatic carbocycles. The second-order valence-electron chi connectivity index (χ2n) is 8.13. The van der Waals surface area contributed by atoms with Crippen LogP contribution in [0.2, 0.25) is 0 Å². The molecule has 1 N–H and O–H groups in total. The largest absolute Gasteiger partial charge is 0.486 e. The molecule has 0 radical (unpaired) electrons. The minimum atomic E-state index is -0.0364. The number of aromatic nitrogens is 2. The van der Waals surface area contributed by atoms with Crippen LogP contribution < -0.4 is 14.8 Å². The summed E-state index contributed by atoms with van der Waals surface area (Å²) < 4.78 is 13.0. The highest BCUT2D eigenvalue weighted by molar-refractivity contribution is 5.92. The van der Waals surface area contributed by atoms with Crippen molar-refractivity contribution < 1.29 is 14.3 Å². The van der Waals surface area contributed by atoms with Gasteiger partial charge in [-0.2, -0.15) is 5.10 Å². The minimum absolute atomic E-state index is 0.0364. The fourth-order valence-electron chi connectivity index (χ4n) is 3.97. The molecule has 3 heterocycles. The summed E-state index contributed by atoms with van der Waals surface area (Å²) in [5.74, 6) is 1.35. The van der Waals surface area contributed by atoms with E-state index in [0.717, 1.165) is 36.4 Å². The number of hydrogen-bond donors (Lipinski definition) is 1. The van der Waals surface area contributed by atoms with Gasteiger partial charge in [-0.3, -0.25) is 9.69 Å². The van der Waals surface area contributed by atoms with Gasteiger partial charge in [-0.15, -0.1) is 0 Å². The first-order chi connectivity index (χ1) is 15.6. The molecule has 0 bridgehead atoms. The number of hydrogen-bond acceptors (Lipinski definition) is 5. The number of ether oxygens (including phenoxy) is 2. The van der Waals surface area contributed by atoms with Crippen molar-refractivity contribution >= 4 is 17.2 Å². The van der Waals surface area contributed by atoms with Gasteiger partial charge in [-0.1, -0.05) is 23.8 Å². The molecule has 32 heavy (non-hydrogen) atoms. The maximum absolute atomic E-state index is 12.5. The summed E-state index contributed by atoms with van der Waals surface area (Å²) in [6, 6.07) is 13.8. The van der Waals surface area contributed by atoms with E-state index in [-0.39, 0.29) is 5.91 Å². The zero-order valence-corrected chi connectivity index (χ0v) is 18.1. The predicted octanol–water partition coefficient (Wildman–Crippen LogP) is 3.68. The third-order valence-electron chi connectivity index (χ3n) is 5.74. The second-order valence-corrected chi connectivity index (χ2v) is 8.13. The summed E-state index contributed by atoms with van der Waals surface area (Å²) >= 11 is 0. The molecule has 0 unspecified atom stereocenters. The van der Waals surface area contributed by atoms with Crippen molar-refractivity contribution in [3.05, 3.63) is 72.1 Å². The lowest BCUT2D eigenvalue weighted by atomic mass is 10.0. The van der Waals surface area contributed by atoms with Crippen LogP contribution in [-0.4, -0.2) is 53.4 Å². The SMILES string of the molecule is Cc1ccc(-n2cc(C3=CCN(CC(=O)Nc4ccc5c(c4)OCCO5)CC3)cn2)cc1. The van der Waals surface area contributed by atoms with Crippen LogP contribution in [0.5, 0.6) is 11.5 Å². The van der Waals surface area contributed by atoms with E-state index >= 15 is 0 Å². The van der Waals surface area contributed by atoms with Crippen molar-refractivity contribution in [2.45, 2.75) is 13.3 Å². The van der Waals surface area contributed by atoms with Crippen LogP contribution in [0.15, 0.2) is 60.9 Å². The van der Waals surface area contributed by atoms with Gasteiger partial charge in [0.15, 0.2) is 11.5 Å². The Labute approximate surface area is 187 Å². The zero-order chi connectivity index (χ0) is 21.9. The van der Waals surface area contributed by atoms with E-state index in [1.807, 2.05) is 29.1 Å². The highest BCUT2D eigenvalue weighted by Gasteiger charge is 2.18. The maximum atomic E-state index is 12.5. The van der Waals surface area contributed by atoms with Gasteiger partial charge in [-0.25, -0.2) is 4.68 Å². The fraction of sp³-hybridized carbons (Fsp3) is 0.280. The smallest absolute Gasteiger partial charge is 0.238 e. The fourth-order valence-corrected chi connectivity index (χ4v) is 3.97. The molecular formula is C25H26N4O3. The van der Waals surface area contributed by atoms with Crippen molar-refractivity contribution in [2.24, 2.45) is 0 Å². The molecule has 7 nitrogen and oxygen atoms in total. The van der Waals surface area contributed by atoms with Crippen LogP contribution in [0.25, 0.3) is 11.3 Å². The van der Waals surface area contributed by atoms with Gasteiger partial charge in [0.25, 0.3) is 0 Å². The number of aryl methyl sites for hydroxylation is 1. The Bertz CT molecular complexity index is 1150. The summed E-state index contributed by atoms with van der Waals surface area (Å²) in [7, 11) is 0. The average Bonchev–Trinajstić information content (AvgIpc) is 3.30. The normalized spacial score (nSPS) is 15.8. The summed E-state index contributed by atoms with van der Waals surface area (Å²) in [5, 5.41) is 7.47. The summed E-state index contributed by atoms with van der Waals surface area (Å²) in [6.07, 6.45) is 7.06. The highest BCUT2D eigenvalue weighted by Crippen LogP contribution is 2.32. The lowest BCUT2D eigenvalue weighted by Crippen LogP contribution is -2.36. The minimum Gasteiger partial charge on any atom is -0.486 e. The van der Waals surface area contributed by atoms with E-state index in [1.165, 1.54) is 11.1 Å². The van der Waals surface area contributed by atoms with Crippen molar-refractivity contribution in [3.63, 3.8) is 0 Å². The Kier molecular flexibility index (Phi) is 5.64. The van der Waals surface area contributed by atoms with E-state index < -0.39 is 0 Å². The molecule has 7 heteroatoms. The molecule has 164 valence electrons. The maximum Gasteiger partial charge on any atom is 0.238 e. The number of anilines is 1. The first-order valence-electron chi connectivity index (χ1n) is 10.9. The Morgan fingerprint density at radius 2 is 1.91 bits per heavy atom. The van der Waals surface area contributed by atoms with Gasteiger partial charge < -0.3 is 14.8 Å². The standard InChI is InChI=1S/C25H26N4O3/c1-18-2-5-22(6-3-18)29-16-20(15-26-29)19-8-10-28(11-9-19)17-25(30)27-21-4-7-23-24(14-21)32-13-12-31-23/h2-8,14-16H,9-13,17H2,1H3,(H,27,30). The molecule has 0 atom stereocenters. The highest BCUT2D eigenvalue weighted by atomic mass is 16.6. The first-order valence-corrected chi connectivity index (χ1v) is 10.9. The topological polar surface area (TPSA) is 68.6 Å². The monoisotopic (exact) mass is 430 g/mol. The van der Waals surface area contributed by atoms with Crippen LogP contribution in [-0.2, 0) is 4.79 Å². The van der Waals surface area contributed by atoms with E-state index in [9.17, 15) is 4.79 Å². The molecule has 0 spiro atoms. The first kappa shape index (κ1) is 20.3. The van der Waals surface area contributed by atoms with Crippen LogP contribution in [0, 0.1) is 6.92 Å². The number of rotatable bonds is 5. The van der Waals surface area contributed by atoms with Crippen LogP contribution >= 0.6 is 0 Å². The van der Waals surface area contributed by atoms with Gasteiger partial charge in [0.1, 0.15) is 13.2 Å². The number of nitrogens with one attached hydrogen (secondary N) is 1. The van der Waals surface area contributed by atoms with Crippen LogP contribution in [0.3, 0.4) is 0 Å². The van der Waals surface area contributed by atoms with Crippen molar-refractivity contribution in [1.29, 1.82) is 0 Å². The average molecular weight is 431 g/mol. The van der Waals surface area contributed by atoms with Gasteiger partial charge in [-0.05, 0) is 43.2 Å². The number of amides is 1. The Hall–Kier alpha value is -3.58. The molecule has 5 rings (SSSR count). The molecule has 3 aromatic rings. The van der Waals surface area contributed by atoms with Gasteiger partial charge in [0, 0.05) is 36.6 Å². The van der Waals surface area contributed by atoms with Gasteiger partial charge in [0.2, 0.25) is 5.91 Å². The van der Waals surface area contributed by atoms with E-state index in [1.54, 1.807) is 0 Å². The van der Waals surface area contributed by atoms with Crippen molar-refractivity contribution in [2.75, 3.05) is 38.2 Å². The number of carbonyl (C=O) groups is 1. The van der Waals surface area contributed by atoms with Gasteiger partial charge >= 0.3 is 0 Å². The van der Waals surface area contributed by atoms with E-state index in [2.05, 4.69) is 58.8 Å². The number of nitrogens with zero attached hydrogens (tertiary/aromatic N) is 3. The third kappa shape index (κ3) is 4.53. The molecule has 0 aliphatic carbocycles. The van der Waals surface area contributed by atoms with Crippen LogP contribution in [0.4, 0.5) is 5.69 Å². The van der Waals surface area contributed by atoms with Crippen molar-refractivity contribution in [3.8, 4) is 17.2 Å². The lowest BCUT2D eigenvalue weighted by molar-refractivity contribution is -0.117. The molecule has 1 aromatic heterocycles.